The van der Waals surface area contributed by atoms with E-state index >= 15 is 0 Å². The third-order valence-corrected chi connectivity index (χ3v) is 3.94. The lowest BCUT2D eigenvalue weighted by Crippen LogP contribution is -2.27. The Morgan fingerprint density at radius 3 is 3.00 bits per heavy atom. The monoisotopic (exact) mass is 212 g/mol. The molecule has 1 heterocycles. The highest BCUT2D eigenvalue weighted by atomic mass is 32.2. The van der Waals surface area contributed by atoms with E-state index < -0.39 is 0 Å². The summed E-state index contributed by atoms with van der Waals surface area (Å²) in [5.74, 6) is 1.35. The Kier molecular flexibility index (Phi) is 6.90. The van der Waals surface area contributed by atoms with E-state index in [1.165, 1.54) is 25.0 Å². The van der Waals surface area contributed by atoms with Crippen LogP contribution in [0.4, 0.5) is 0 Å². The summed E-state index contributed by atoms with van der Waals surface area (Å²) < 4.78 is 0. The summed E-state index contributed by atoms with van der Waals surface area (Å²) in [5, 5.41) is 12.7. The molecule has 1 rings (SSSR count). The minimum Gasteiger partial charge on any atom is -0.316 e. The molecule has 2 nitrogen and oxygen atoms in total. The molecule has 1 fully saturated rings. The zero-order valence-electron chi connectivity index (χ0n) is 8.80. The molecule has 1 atom stereocenters. The zero-order chi connectivity index (χ0) is 10.1. The Labute approximate surface area is 91.4 Å². The van der Waals surface area contributed by atoms with Gasteiger partial charge in [-0.15, -0.1) is 0 Å². The van der Waals surface area contributed by atoms with Gasteiger partial charge in [0.2, 0.25) is 0 Å². The molecule has 1 aliphatic heterocycles. The molecule has 0 amide bonds. The van der Waals surface area contributed by atoms with Gasteiger partial charge in [0.1, 0.15) is 0 Å². The van der Waals surface area contributed by atoms with Crippen molar-refractivity contribution in [3.63, 3.8) is 0 Å². The fourth-order valence-corrected chi connectivity index (χ4v) is 2.96. The highest BCUT2D eigenvalue weighted by Crippen LogP contribution is 2.24. The molecule has 0 saturated carbocycles. The number of hydrogen-bond donors (Lipinski definition) is 1. The number of hydrogen-bond acceptors (Lipinski definition) is 3. The van der Waals surface area contributed by atoms with E-state index in [0.717, 1.165) is 31.2 Å². The van der Waals surface area contributed by atoms with Crippen molar-refractivity contribution in [2.45, 2.75) is 43.8 Å². The van der Waals surface area contributed by atoms with Gasteiger partial charge in [-0.1, -0.05) is 6.42 Å². The number of thioether (sulfide) groups is 1. The Bertz CT molecular complexity index is 171. The minimum absolute atomic E-state index is 0.708. The highest BCUT2D eigenvalue weighted by Gasteiger charge is 2.12. The number of unbranched alkanes of at least 4 members (excludes halogenated alkanes) is 2. The van der Waals surface area contributed by atoms with E-state index in [2.05, 4.69) is 23.1 Å². The van der Waals surface area contributed by atoms with E-state index in [1.807, 2.05) is 0 Å². The van der Waals surface area contributed by atoms with Crippen LogP contribution in [0.5, 0.6) is 0 Å². The van der Waals surface area contributed by atoms with Crippen molar-refractivity contribution in [3.05, 3.63) is 0 Å². The molecule has 1 aliphatic rings. The molecule has 0 aromatic rings. The van der Waals surface area contributed by atoms with Crippen molar-refractivity contribution in [3.8, 4) is 6.07 Å². The van der Waals surface area contributed by atoms with Crippen LogP contribution in [0.25, 0.3) is 0 Å². The quantitative estimate of drug-likeness (QED) is 0.687. The highest BCUT2D eigenvalue weighted by molar-refractivity contribution is 7.99. The lowest BCUT2D eigenvalue weighted by atomic mass is 10.2. The third kappa shape index (κ3) is 5.51. The number of nitriles is 1. The van der Waals surface area contributed by atoms with Gasteiger partial charge in [-0.2, -0.15) is 17.0 Å². The first-order chi connectivity index (χ1) is 6.93. The second-order valence-corrected chi connectivity index (χ2v) is 5.22. The summed E-state index contributed by atoms with van der Waals surface area (Å²) in [7, 11) is 0. The van der Waals surface area contributed by atoms with Gasteiger partial charge in [-0.25, -0.2) is 0 Å². The molecule has 14 heavy (non-hydrogen) atoms. The smallest absolute Gasteiger partial charge is 0.0621 e. The minimum atomic E-state index is 0.708. The van der Waals surface area contributed by atoms with E-state index in [1.54, 1.807) is 0 Å². The van der Waals surface area contributed by atoms with Crippen LogP contribution >= 0.6 is 11.8 Å². The van der Waals surface area contributed by atoms with E-state index in [4.69, 9.17) is 5.26 Å². The van der Waals surface area contributed by atoms with Crippen LogP contribution in [0.15, 0.2) is 0 Å². The molecule has 1 saturated heterocycles. The summed E-state index contributed by atoms with van der Waals surface area (Å²) in [6.45, 7) is 2.25. The Balaban J connectivity index is 1.85. The average Bonchev–Trinajstić information content (AvgIpc) is 2.25. The maximum Gasteiger partial charge on any atom is 0.0621 e. The van der Waals surface area contributed by atoms with Crippen molar-refractivity contribution in [2.24, 2.45) is 0 Å². The Morgan fingerprint density at radius 1 is 1.36 bits per heavy atom. The first-order valence-corrected chi connectivity index (χ1v) is 6.67. The molecule has 1 N–H and O–H groups in total. The first-order valence-electron chi connectivity index (χ1n) is 5.63. The molecule has 3 heteroatoms. The molecule has 0 aromatic heterocycles. The second-order valence-electron chi connectivity index (χ2n) is 3.81. The summed E-state index contributed by atoms with van der Waals surface area (Å²) in [6, 6.07) is 2.18. The topological polar surface area (TPSA) is 35.8 Å². The summed E-state index contributed by atoms with van der Waals surface area (Å²) in [4.78, 5) is 0. The second kappa shape index (κ2) is 8.14. The fourth-order valence-electron chi connectivity index (χ4n) is 1.69. The van der Waals surface area contributed by atoms with Crippen molar-refractivity contribution in [2.75, 3.05) is 18.8 Å². The summed E-state index contributed by atoms with van der Waals surface area (Å²) >= 11 is 2.12. The first kappa shape index (κ1) is 11.9. The standard InChI is InChI=1S/C11H20N2S/c12-7-3-1-4-8-13-10-11-6-2-5-9-14-11/h11,13H,1-6,8-10H2. The van der Waals surface area contributed by atoms with Crippen molar-refractivity contribution in [1.29, 1.82) is 5.26 Å². The molecule has 1 unspecified atom stereocenters. The van der Waals surface area contributed by atoms with Gasteiger partial charge in [0.25, 0.3) is 0 Å². The van der Waals surface area contributed by atoms with Crippen LogP contribution in [0, 0.1) is 11.3 Å². The Morgan fingerprint density at radius 2 is 2.29 bits per heavy atom. The van der Waals surface area contributed by atoms with Crippen LogP contribution in [0.2, 0.25) is 0 Å². The zero-order valence-corrected chi connectivity index (χ0v) is 9.61. The number of nitrogens with one attached hydrogen (secondary N) is 1. The van der Waals surface area contributed by atoms with Crippen molar-refractivity contribution in [1.82, 2.24) is 5.32 Å². The molecule has 0 spiro atoms. The molecule has 0 aliphatic carbocycles. The molecular weight excluding hydrogens is 192 g/mol. The largest absolute Gasteiger partial charge is 0.316 e. The fraction of sp³-hybridized carbons (Fsp3) is 0.909. The lowest BCUT2D eigenvalue weighted by molar-refractivity contribution is 0.578. The third-order valence-electron chi connectivity index (χ3n) is 2.54. The molecule has 0 radical (unpaired) electrons. The van der Waals surface area contributed by atoms with Crippen LogP contribution in [0.1, 0.15) is 38.5 Å². The molecule has 0 bridgehead atoms. The number of rotatable bonds is 6. The van der Waals surface area contributed by atoms with Gasteiger partial charge in [0.15, 0.2) is 0 Å². The molecule has 0 aromatic carbocycles. The predicted octanol–water partition coefficient (Wildman–Crippen LogP) is 2.56. The van der Waals surface area contributed by atoms with E-state index in [9.17, 15) is 0 Å². The van der Waals surface area contributed by atoms with Crippen LogP contribution < -0.4 is 5.32 Å². The van der Waals surface area contributed by atoms with Gasteiger partial charge >= 0.3 is 0 Å². The maximum atomic E-state index is 8.35. The van der Waals surface area contributed by atoms with Gasteiger partial charge < -0.3 is 5.32 Å². The van der Waals surface area contributed by atoms with Gasteiger partial charge in [-0.3, -0.25) is 0 Å². The van der Waals surface area contributed by atoms with Gasteiger partial charge in [0, 0.05) is 18.2 Å². The van der Waals surface area contributed by atoms with Crippen molar-refractivity contribution < 1.29 is 0 Å². The van der Waals surface area contributed by atoms with Crippen molar-refractivity contribution >= 4 is 11.8 Å². The average molecular weight is 212 g/mol. The van der Waals surface area contributed by atoms with E-state index in [-0.39, 0.29) is 0 Å². The van der Waals surface area contributed by atoms with Crippen LogP contribution in [-0.2, 0) is 0 Å². The summed E-state index contributed by atoms with van der Waals surface area (Å²) in [5.41, 5.74) is 0. The van der Waals surface area contributed by atoms with Gasteiger partial charge in [-0.05, 0) is 38.0 Å². The predicted molar refractivity (Wildman–Crippen MR) is 62.4 cm³/mol. The number of nitrogens with zero attached hydrogens (tertiary/aromatic N) is 1. The van der Waals surface area contributed by atoms with Gasteiger partial charge in [0.05, 0.1) is 6.07 Å². The Hall–Kier alpha value is -0.200. The SMILES string of the molecule is N#CCCCCNCC1CCCCS1. The summed E-state index contributed by atoms with van der Waals surface area (Å²) in [6.07, 6.45) is 7.10. The van der Waals surface area contributed by atoms with Crippen LogP contribution in [0.3, 0.4) is 0 Å². The lowest BCUT2D eigenvalue weighted by Gasteiger charge is -2.21. The molecular formula is C11H20N2S. The van der Waals surface area contributed by atoms with E-state index in [0.29, 0.717) is 6.42 Å². The van der Waals surface area contributed by atoms with Crippen LogP contribution in [-0.4, -0.2) is 24.1 Å². The maximum absolute atomic E-state index is 8.35. The normalized spacial score (nSPS) is 21.8. The molecule has 80 valence electrons.